The Hall–Kier alpha value is -3.22. The van der Waals surface area contributed by atoms with Crippen molar-refractivity contribution in [1.29, 1.82) is 0 Å². The maximum Gasteiger partial charge on any atom is 0.326 e. The van der Waals surface area contributed by atoms with Gasteiger partial charge < -0.3 is 15.7 Å². The van der Waals surface area contributed by atoms with Crippen LogP contribution in [0.5, 0.6) is 0 Å². The summed E-state index contributed by atoms with van der Waals surface area (Å²) in [6.07, 6.45) is 5.06. The second-order valence-electron chi connectivity index (χ2n) is 6.50. The number of aliphatic carboxylic acids is 1. The first-order valence-corrected chi connectivity index (χ1v) is 9.29. The van der Waals surface area contributed by atoms with Gasteiger partial charge in [-0.25, -0.2) is 4.79 Å². The molecule has 0 aliphatic heterocycles. The van der Waals surface area contributed by atoms with Gasteiger partial charge in [-0.05, 0) is 24.1 Å². The molecule has 0 bridgehead atoms. The summed E-state index contributed by atoms with van der Waals surface area (Å²) in [6, 6.07) is 10.6. The van der Waals surface area contributed by atoms with Gasteiger partial charge in [-0.2, -0.15) is 0 Å². The van der Waals surface area contributed by atoms with E-state index in [-0.39, 0.29) is 6.42 Å². The molecule has 1 unspecified atom stereocenters. The maximum atomic E-state index is 12.8. The average Bonchev–Trinajstić information content (AvgIpc) is 2.71. The predicted octanol–water partition coefficient (Wildman–Crippen LogP) is 2.18. The fourth-order valence-corrected chi connectivity index (χ4v) is 2.74. The van der Waals surface area contributed by atoms with Crippen LogP contribution in [0, 0.1) is 0 Å². The van der Waals surface area contributed by atoms with Crippen molar-refractivity contribution in [2.24, 2.45) is 0 Å². The molecule has 1 heterocycles. The monoisotopic (exact) mass is 383 g/mol. The lowest BCUT2D eigenvalue weighted by atomic mass is 10.0. The van der Waals surface area contributed by atoms with E-state index in [2.05, 4.69) is 15.6 Å². The Balaban J connectivity index is 2.15. The number of aromatic nitrogens is 1. The molecule has 2 aromatic rings. The van der Waals surface area contributed by atoms with E-state index < -0.39 is 29.9 Å². The molecular weight excluding hydrogens is 358 g/mol. The Morgan fingerprint density at radius 1 is 1.04 bits per heavy atom. The number of carboxylic acids is 1. The van der Waals surface area contributed by atoms with Crippen LogP contribution in [0.15, 0.2) is 54.9 Å². The number of rotatable bonds is 10. The number of hydrogen-bond acceptors (Lipinski definition) is 4. The van der Waals surface area contributed by atoms with Crippen molar-refractivity contribution in [3.05, 3.63) is 66.0 Å². The van der Waals surface area contributed by atoms with E-state index in [0.29, 0.717) is 18.4 Å². The number of carbonyl (C=O) groups excluding carboxylic acids is 2. The summed E-state index contributed by atoms with van der Waals surface area (Å²) in [5.41, 5.74) is 1.18. The van der Waals surface area contributed by atoms with Crippen molar-refractivity contribution in [2.75, 3.05) is 0 Å². The summed E-state index contributed by atoms with van der Waals surface area (Å²) in [4.78, 5) is 40.6. The minimum absolute atomic E-state index is 0.249. The van der Waals surface area contributed by atoms with Crippen LogP contribution in [0.25, 0.3) is 0 Å². The molecule has 3 N–H and O–H groups in total. The molecule has 1 aromatic heterocycles. The number of benzene rings is 1. The van der Waals surface area contributed by atoms with Gasteiger partial charge in [0.2, 0.25) is 5.91 Å². The molecule has 7 heteroatoms. The Bertz CT molecular complexity index is 781. The lowest BCUT2D eigenvalue weighted by molar-refractivity contribution is -0.142. The lowest BCUT2D eigenvalue weighted by Gasteiger charge is -2.21. The Kier molecular flexibility index (Phi) is 8.14. The molecule has 2 atom stereocenters. The minimum Gasteiger partial charge on any atom is -0.480 e. The van der Waals surface area contributed by atoms with Crippen LogP contribution < -0.4 is 10.6 Å². The third-order valence-electron chi connectivity index (χ3n) is 4.29. The van der Waals surface area contributed by atoms with Gasteiger partial charge in [-0.3, -0.25) is 14.6 Å². The van der Waals surface area contributed by atoms with E-state index in [1.54, 1.807) is 18.3 Å². The van der Waals surface area contributed by atoms with Gasteiger partial charge in [0, 0.05) is 18.8 Å². The van der Waals surface area contributed by atoms with E-state index in [1.165, 1.54) is 6.20 Å². The number of carbonyl (C=O) groups is 3. The van der Waals surface area contributed by atoms with Gasteiger partial charge in [0.15, 0.2) is 0 Å². The Morgan fingerprint density at radius 2 is 1.79 bits per heavy atom. The zero-order valence-corrected chi connectivity index (χ0v) is 15.8. The van der Waals surface area contributed by atoms with E-state index in [1.807, 2.05) is 37.3 Å². The van der Waals surface area contributed by atoms with Gasteiger partial charge >= 0.3 is 5.97 Å². The van der Waals surface area contributed by atoms with Crippen molar-refractivity contribution >= 4 is 17.8 Å². The summed E-state index contributed by atoms with van der Waals surface area (Å²) in [5, 5.41) is 14.6. The van der Waals surface area contributed by atoms with E-state index in [4.69, 9.17) is 0 Å². The fourth-order valence-electron chi connectivity index (χ4n) is 2.74. The van der Waals surface area contributed by atoms with Gasteiger partial charge in [0.05, 0.1) is 5.56 Å². The maximum absolute atomic E-state index is 12.8. The summed E-state index contributed by atoms with van der Waals surface area (Å²) >= 11 is 0. The van der Waals surface area contributed by atoms with Crippen molar-refractivity contribution < 1.29 is 19.5 Å². The number of nitrogens with one attached hydrogen (secondary N) is 2. The smallest absolute Gasteiger partial charge is 0.326 e. The molecular formula is C21H25N3O4. The van der Waals surface area contributed by atoms with Crippen molar-refractivity contribution in [3.63, 3.8) is 0 Å². The van der Waals surface area contributed by atoms with Crippen LogP contribution in [0.4, 0.5) is 0 Å². The van der Waals surface area contributed by atoms with E-state index >= 15 is 0 Å². The molecule has 2 amide bonds. The number of nitrogens with zero attached hydrogens (tertiary/aromatic N) is 1. The third kappa shape index (κ3) is 6.50. The van der Waals surface area contributed by atoms with Crippen LogP contribution in [0.2, 0.25) is 0 Å². The number of carboxylic acid groups (broad SMARTS) is 1. The van der Waals surface area contributed by atoms with Crippen molar-refractivity contribution in [3.8, 4) is 0 Å². The first-order chi connectivity index (χ1) is 13.5. The van der Waals surface area contributed by atoms with Crippen molar-refractivity contribution in [2.45, 2.75) is 44.7 Å². The first kappa shape index (κ1) is 21.1. The van der Waals surface area contributed by atoms with Crippen LogP contribution in [0.1, 0.15) is 42.1 Å². The van der Waals surface area contributed by atoms with E-state index in [9.17, 15) is 19.5 Å². The summed E-state index contributed by atoms with van der Waals surface area (Å²) in [6.45, 7) is 1.95. The molecule has 0 saturated heterocycles. The predicted molar refractivity (Wildman–Crippen MR) is 105 cm³/mol. The van der Waals surface area contributed by atoms with Crippen LogP contribution in [-0.4, -0.2) is 40.0 Å². The third-order valence-corrected chi connectivity index (χ3v) is 4.29. The highest BCUT2D eigenvalue weighted by atomic mass is 16.4. The van der Waals surface area contributed by atoms with Gasteiger partial charge in [-0.1, -0.05) is 50.1 Å². The Labute approximate surface area is 164 Å². The number of unbranched alkanes of at least 4 members (excludes halogenated alkanes) is 1. The highest BCUT2D eigenvalue weighted by molar-refractivity contribution is 5.98. The van der Waals surface area contributed by atoms with Crippen molar-refractivity contribution in [1.82, 2.24) is 15.6 Å². The Morgan fingerprint density at radius 3 is 2.39 bits per heavy atom. The van der Waals surface area contributed by atoms with Gasteiger partial charge in [0.1, 0.15) is 12.1 Å². The molecule has 0 saturated carbocycles. The first-order valence-electron chi connectivity index (χ1n) is 9.29. The lowest BCUT2D eigenvalue weighted by Crippen LogP contribution is -2.52. The average molecular weight is 383 g/mol. The quantitative estimate of drug-likeness (QED) is 0.583. The number of hydrogen-bond donors (Lipinski definition) is 3. The second kappa shape index (κ2) is 10.8. The summed E-state index contributed by atoms with van der Waals surface area (Å²) in [5.74, 6) is -2.05. The van der Waals surface area contributed by atoms with Crippen LogP contribution in [0.3, 0.4) is 0 Å². The van der Waals surface area contributed by atoms with Crippen LogP contribution >= 0.6 is 0 Å². The summed E-state index contributed by atoms with van der Waals surface area (Å²) in [7, 11) is 0. The molecule has 0 radical (unpaired) electrons. The fraction of sp³-hybridized carbons (Fsp3) is 0.333. The zero-order valence-electron chi connectivity index (χ0n) is 15.8. The molecule has 0 aliphatic rings. The molecule has 148 valence electrons. The normalized spacial score (nSPS) is 12.6. The number of pyridine rings is 1. The molecule has 0 fully saturated rings. The zero-order chi connectivity index (χ0) is 20.4. The summed E-state index contributed by atoms with van der Waals surface area (Å²) < 4.78 is 0. The highest BCUT2D eigenvalue weighted by Crippen LogP contribution is 2.07. The van der Waals surface area contributed by atoms with Gasteiger partial charge in [-0.15, -0.1) is 0 Å². The molecule has 0 aliphatic carbocycles. The molecule has 2 rings (SSSR count). The second-order valence-corrected chi connectivity index (χ2v) is 6.50. The number of amides is 2. The molecule has 7 nitrogen and oxygen atoms in total. The highest BCUT2D eigenvalue weighted by Gasteiger charge is 2.26. The van der Waals surface area contributed by atoms with E-state index in [0.717, 1.165) is 12.0 Å². The van der Waals surface area contributed by atoms with Crippen LogP contribution in [-0.2, 0) is 16.0 Å². The molecule has 1 aromatic carbocycles. The topological polar surface area (TPSA) is 108 Å². The molecule has 28 heavy (non-hydrogen) atoms. The SMILES string of the molecule is CCCC[C@H](NC(=O)C(Cc1ccccc1)NC(=O)c1cccnc1)C(=O)O. The minimum atomic E-state index is -1.08. The standard InChI is InChI=1S/C21H25N3O4/c1-2-3-11-17(21(27)28)23-20(26)18(13-15-8-5-4-6-9-15)24-19(25)16-10-7-12-22-14-16/h4-10,12,14,17-18H,2-3,11,13H2,1H3,(H,23,26)(H,24,25)(H,27,28)/t17-,18?/m0/s1. The molecule has 0 spiro atoms. The largest absolute Gasteiger partial charge is 0.480 e. The van der Waals surface area contributed by atoms with Gasteiger partial charge in [0.25, 0.3) is 5.91 Å².